The number of alkyl halides is 3. The van der Waals surface area contributed by atoms with E-state index >= 15 is 0 Å². The molecule has 3 N–H and O–H groups in total. The van der Waals surface area contributed by atoms with Gasteiger partial charge in [0.05, 0.1) is 11.4 Å². The number of hydrogen-bond donors (Lipinski definition) is 3. The summed E-state index contributed by atoms with van der Waals surface area (Å²) in [7, 11) is -2.31. The van der Waals surface area contributed by atoms with Crippen LogP contribution in [-0.2, 0) is 14.8 Å². The average Bonchev–Trinajstić information content (AvgIpc) is 2.44. The van der Waals surface area contributed by atoms with E-state index in [0.29, 0.717) is 13.1 Å². The molecule has 0 saturated carbocycles. The third-order valence-corrected chi connectivity index (χ3v) is 3.90. The minimum atomic E-state index is -4.86. The Morgan fingerprint density at radius 2 is 1.75 bits per heavy atom. The Kier molecular flexibility index (Phi) is 9.04. The van der Waals surface area contributed by atoms with Crippen molar-refractivity contribution in [2.24, 2.45) is 0 Å². The molecule has 0 aliphatic carbocycles. The molecule has 1 amide bonds. The van der Waals surface area contributed by atoms with Crippen LogP contribution in [0.25, 0.3) is 0 Å². The number of hydrogen-bond acceptors (Lipinski definition) is 5. The van der Waals surface area contributed by atoms with E-state index in [1.807, 2.05) is 4.72 Å². The Morgan fingerprint density at radius 3 is 2.25 bits per heavy atom. The highest BCUT2D eigenvalue weighted by molar-refractivity contribution is 7.89. The Bertz CT molecular complexity index is 623. The second kappa shape index (κ2) is 9.67. The average molecular weight is 392 g/mol. The molecule has 1 aromatic rings. The van der Waals surface area contributed by atoms with Gasteiger partial charge in [0.25, 0.3) is 0 Å². The molecule has 0 bridgehead atoms. The van der Waals surface area contributed by atoms with Crippen LogP contribution in [0.2, 0.25) is 0 Å². The lowest BCUT2D eigenvalue weighted by atomic mass is 10.3. The molecule has 1 rings (SSSR count). The summed E-state index contributed by atoms with van der Waals surface area (Å²) in [6, 6.07) is 3.63. The first-order chi connectivity index (χ1) is 10.6. The number of ether oxygens (including phenoxy) is 1. The van der Waals surface area contributed by atoms with Crippen molar-refractivity contribution in [1.29, 1.82) is 0 Å². The van der Waals surface area contributed by atoms with Gasteiger partial charge < -0.3 is 15.4 Å². The van der Waals surface area contributed by atoms with Crippen LogP contribution in [0, 0.1) is 0 Å². The lowest BCUT2D eigenvalue weighted by molar-refractivity contribution is -0.274. The number of carbonyl (C=O) groups excluding carboxylic acids is 1. The highest BCUT2D eigenvalue weighted by atomic mass is 35.5. The third kappa shape index (κ3) is 8.34. The smallest absolute Gasteiger partial charge is 0.406 e. The lowest BCUT2D eigenvalue weighted by Gasteiger charge is -2.10. The van der Waals surface area contributed by atoms with Gasteiger partial charge >= 0.3 is 6.36 Å². The monoisotopic (exact) mass is 391 g/mol. The number of nitrogens with one attached hydrogen (secondary N) is 3. The highest BCUT2D eigenvalue weighted by Gasteiger charge is 2.31. The summed E-state index contributed by atoms with van der Waals surface area (Å²) < 4.78 is 65.5. The zero-order chi connectivity index (χ0) is 17.5. The zero-order valence-electron chi connectivity index (χ0n) is 12.5. The molecule has 0 radical (unpaired) electrons. The van der Waals surface area contributed by atoms with E-state index < -0.39 is 34.6 Å². The molecule has 12 heteroatoms. The van der Waals surface area contributed by atoms with Crippen molar-refractivity contribution >= 4 is 28.3 Å². The van der Waals surface area contributed by atoms with Gasteiger partial charge in [0.2, 0.25) is 15.9 Å². The summed E-state index contributed by atoms with van der Waals surface area (Å²) in [5, 5.41) is 5.27. The van der Waals surface area contributed by atoms with Crippen LogP contribution in [0.4, 0.5) is 13.2 Å². The SMILES string of the molecule is CNCCNC(=O)CNS(=O)(=O)c1ccc(OC(F)(F)F)cc1.Cl. The van der Waals surface area contributed by atoms with Gasteiger partial charge in [0.15, 0.2) is 0 Å². The largest absolute Gasteiger partial charge is 0.573 e. The number of amides is 1. The quantitative estimate of drug-likeness (QED) is 0.565. The van der Waals surface area contributed by atoms with Crippen molar-refractivity contribution in [3.63, 3.8) is 0 Å². The first-order valence-electron chi connectivity index (χ1n) is 6.41. The summed E-state index contributed by atoms with van der Waals surface area (Å²) in [4.78, 5) is 11.1. The molecule has 1 aromatic carbocycles. The van der Waals surface area contributed by atoms with Crippen LogP contribution in [0.3, 0.4) is 0 Å². The molecule has 138 valence electrons. The van der Waals surface area contributed by atoms with Crippen molar-refractivity contribution in [1.82, 2.24) is 15.4 Å². The molecule has 0 aliphatic rings. The van der Waals surface area contributed by atoms with Crippen molar-refractivity contribution in [3.8, 4) is 5.75 Å². The Balaban J connectivity index is 0.00000529. The van der Waals surface area contributed by atoms with Gasteiger partial charge in [-0.15, -0.1) is 25.6 Å². The standard InChI is InChI=1S/C12H16F3N3O4S.ClH/c1-16-6-7-17-11(19)8-18-23(20,21)10-4-2-9(3-5-10)22-12(13,14)15;/h2-5,16,18H,6-8H2,1H3,(H,17,19);1H. The number of halogens is 4. The molecular formula is C12H17ClF3N3O4S. The van der Waals surface area contributed by atoms with Gasteiger partial charge in [-0.3, -0.25) is 4.79 Å². The van der Waals surface area contributed by atoms with Gasteiger partial charge in [-0.25, -0.2) is 13.1 Å². The van der Waals surface area contributed by atoms with E-state index in [4.69, 9.17) is 0 Å². The van der Waals surface area contributed by atoms with Crippen molar-refractivity contribution < 1.29 is 31.1 Å². The van der Waals surface area contributed by atoms with Crippen molar-refractivity contribution in [2.45, 2.75) is 11.3 Å². The number of likely N-dealkylation sites (N-methyl/N-ethyl adjacent to an activating group) is 1. The topological polar surface area (TPSA) is 96.5 Å². The van der Waals surface area contributed by atoms with Crippen LogP contribution in [0.5, 0.6) is 5.75 Å². The van der Waals surface area contributed by atoms with Crippen LogP contribution < -0.4 is 20.1 Å². The van der Waals surface area contributed by atoms with E-state index in [-0.39, 0.29) is 17.3 Å². The van der Waals surface area contributed by atoms with E-state index in [1.54, 1.807) is 7.05 Å². The fourth-order valence-corrected chi connectivity index (χ4v) is 2.44. The predicted molar refractivity (Wildman–Crippen MR) is 82.5 cm³/mol. The van der Waals surface area contributed by atoms with E-state index in [1.165, 1.54) is 0 Å². The van der Waals surface area contributed by atoms with E-state index in [0.717, 1.165) is 24.3 Å². The molecule has 0 aliphatic heterocycles. The van der Waals surface area contributed by atoms with Gasteiger partial charge in [-0.2, -0.15) is 0 Å². The summed E-state index contributed by atoms with van der Waals surface area (Å²) >= 11 is 0. The van der Waals surface area contributed by atoms with Gasteiger partial charge in [0, 0.05) is 13.1 Å². The van der Waals surface area contributed by atoms with Crippen LogP contribution in [0.1, 0.15) is 0 Å². The third-order valence-electron chi connectivity index (χ3n) is 2.49. The van der Waals surface area contributed by atoms with Crippen LogP contribution in [0.15, 0.2) is 29.2 Å². The van der Waals surface area contributed by atoms with Crippen molar-refractivity contribution in [2.75, 3.05) is 26.7 Å². The molecule has 0 spiro atoms. The second-order valence-electron chi connectivity index (χ2n) is 4.30. The first kappa shape index (κ1) is 22.4. The molecular weight excluding hydrogens is 375 g/mol. The maximum atomic E-state index is 12.0. The minimum absolute atomic E-state index is 0. The second-order valence-corrected chi connectivity index (χ2v) is 6.06. The number of benzene rings is 1. The summed E-state index contributed by atoms with van der Waals surface area (Å²) in [5.74, 6) is -1.07. The Morgan fingerprint density at radius 1 is 1.17 bits per heavy atom. The molecule has 0 fully saturated rings. The predicted octanol–water partition coefficient (Wildman–Crippen LogP) is 0.621. The fraction of sp³-hybridized carbons (Fsp3) is 0.417. The molecule has 0 atom stereocenters. The molecule has 24 heavy (non-hydrogen) atoms. The summed E-state index contributed by atoms with van der Waals surface area (Å²) in [6.07, 6.45) is -4.86. The lowest BCUT2D eigenvalue weighted by Crippen LogP contribution is -2.39. The van der Waals surface area contributed by atoms with Gasteiger partial charge in [0.1, 0.15) is 5.75 Å². The fourth-order valence-electron chi connectivity index (χ4n) is 1.45. The minimum Gasteiger partial charge on any atom is -0.406 e. The summed E-state index contributed by atoms with van der Waals surface area (Å²) in [5.41, 5.74) is 0. The Hall–Kier alpha value is -1.56. The van der Waals surface area contributed by atoms with E-state index in [2.05, 4.69) is 15.4 Å². The highest BCUT2D eigenvalue weighted by Crippen LogP contribution is 2.23. The molecule has 0 saturated heterocycles. The van der Waals surface area contributed by atoms with E-state index in [9.17, 15) is 26.4 Å². The molecule has 0 heterocycles. The molecule has 0 aromatic heterocycles. The van der Waals surface area contributed by atoms with Gasteiger partial charge in [-0.05, 0) is 31.3 Å². The van der Waals surface area contributed by atoms with Crippen molar-refractivity contribution in [3.05, 3.63) is 24.3 Å². The van der Waals surface area contributed by atoms with Crippen LogP contribution >= 0.6 is 12.4 Å². The maximum absolute atomic E-state index is 12.0. The number of sulfonamides is 1. The molecule has 0 unspecified atom stereocenters. The first-order valence-corrected chi connectivity index (χ1v) is 7.89. The maximum Gasteiger partial charge on any atom is 0.573 e. The van der Waals surface area contributed by atoms with Crippen LogP contribution in [-0.4, -0.2) is 47.4 Å². The Labute approximate surface area is 143 Å². The number of rotatable bonds is 8. The van der Waals surface area contributed by atoms with Gasteiger partial charge in [-0.1, -0.05) is 0 Å². The summed E-state index contributed by atoms with van der Waals surface area (Å²) in [6.45, 7) is 0.381. The zero-order valence-corrected chi connectivity index (χ0v) is 14.1. The molecule has 7 nitrogen and oxygen atoms in total. The number of carbonyl (C=O) groups is 1. The normalized spacial score (nSPS) is 11.5.